The summed E-state index contributed by atoms with van der Waals surface area (Å²) in [7, 11) is 0. The Morgan fingerprint density at radius 1 is 1.35 bits per heavy atom. The summed E-state index contributed by atoms with van der Waals surface area (Å²) < 4.78 is 2.03. The topological polar surface area (TPSA) is 29.9 Å². The van der Waals surface area contributed by atoms with E-state index in [0.717, 1.165) is 24.7 Å². The van der Waals surface area contributed by atoms with E-state index in [-0.39, 0.29) is 0 Å². The average molecular weight is 235 g/mol. The van der Waals surface area contributed by atoms with Crippen molar-refractivity contribution in [2.24, 2.45) is 5.92 Å². The maximum Gasteiger partial charge on any atom is 0.0762 e. The number of nitrogens with one attached hydrogen (secondary N) is 1. The molecule has 0 atom stereocenters. The first-order valence-corrected chi connectivity index (χ1v) is 7.00. The van der Waals surface area contributed by atoms with Crippen molar-refractivity contribution < 1.29 is 0 Å². The molecule has 1 aromatic rings. The standard InChI is InChI=1S/C14H25N3/c1-12(2)17-9-8-14(16-17)11-15-10-13-6-4-3-5-7-13/h8-9,12-13,15H,3-7,10-11H2,1-2H3. The second-order valence-electron chi connectivity index (χ2n) is 5.52. The lowest BCUT2D eigenvalue weighted by Gasteiger charge is -2.21. The highest BCUT2D eigenvalue weighted by Gasteiger charge is 2.12. The van der Waals surface area contributed by atoms with E-state index >= 15 is 0 Å². The van der Waals surface area contributed by atoms with Crippen molar-refractivity contribution in [3.63, 3.8) is 0 Å². The molecule has 0 amide bonds. The molecule has 0 bridgehead atoms. The molecule has 0 aliphatic heterocycles. The largest absolute Gasteiger partial charge is 0.311 e. The molecule has 17 heavy (non-hydrogen) atoms. The second kappa shape index (κ2) is 6.20. The third-order valence-corrected chi connectivity index (χ3v) is 3.66. The van der Waals surface area contributed by atoms with Crippen molar-refractivity contribution in [3.05, 3.63) is 18.0 Å². The monoisotopic (exact) mass is 235 g/mol. The summed E-state index contributed by atoms with van der Waals surface area (Å²) in [5.74, 6) is 0.899. The van der Waals surface area contributed by atoms with E-state index in [9.17, 15) is 0 Å². The Morgan fingerprint density at radius 2 is 2.12 bits per heavy atom. The van der Waals surface area contributed by atoms with E-state index in [2.05, 4.69) is 36.5 Å². The van der Waals surface area contributed by atoms with Gasteiger partial charge in [0, 0.05) is 18.8 Å². The van der Waals surface area contributed by atoms with Gasteiger partial charge in [0.15, 0.2) is 0 Å². The van der Waals surface area contributed by atoms with Crippen molar-refractivity contribution in [1.82, 2.24) is 15.1 Å². The molecular formula is C14H25N3. The van der Waals surface area contributed by atoms with Gasteiger partial charge in [0.1, 0.15) is 0 Å². The summed E-state index contributed by atoms with van der Waals surface area (Å²) in [6.45, 7) is 6.39. The van der Waals surface area contributed by atoms with Gasteiger partial charge in [-0.25, -0.2) is 0 Å². The molecule has 1 N–H and O–H groups in total. The molecule has 0 aromatic carbocycles. The minimum Gasteiger partial charge on any atom is -0.311 e. The van der Waals surface area contributed by atoms with Gasteiger partial charge in [-0.1, -0.05) is 19.3 Å². The second-order valence-corrected chi connectivity index (χ2v) is 5.52. The predicted molar refractivity (Wildman–Crippen MR) is 70.9 cm³/mol. The first kappa shape index (κ1) is 12.6. The fraction of sp³-hybridized carbons (Fsp3) is 0.786. The SMILES string of the molecule is CC(C)n1ccc(CNCC2CCCCC2)n1. The van der Waals surface area contributed by atoms with Crippen molar-refractivity contribution >= 4 is 0 Å². The molecule has 1 fully saturated rings. The zero-order valence-corrected chi connectivity index (χ0v) is 11.2. The lowest BCUT2D eigenvalue weighted by Crippen LogP contribution is -2.24. The van der Waals surface area contributed by atoms with Crippen molar-refractivity contribution in [2.75, 3.05) is 6.54 Å². The van der Waals surface area contributed by atoms with Crippen molar-refractivity contribution in [2.45, 2.75) is 58.5 Å². The average Bonchev–Trinajstić information content (AvgIpc) is 2.79. The molecule has 1 aromatic heterocycles. The van der Waals surface area contributed by atoms with E-state index in [4.69, 9.17) is 0 Å². The van der Waals surface area contributed by atoms with Crippen LogP contribution in [0.25, 0.3) is 0 Å². The van der Waals surface area contributed by atoms with Crippen LogP contribution in [0, 0.1) is 5.92 Å². The van der Waals surface area contributed by atoms with Gasteiger partial charge in [0.2, 0.25) is 0 Å². The Balaban J connectivity index is 1.70. The van der Waals surface area contributed by atoms with Gasteiger partial charge in [-0.05, 0) is 45.2 Å². The zero-order chi connectivity index (χ0) is 12.1. The third kappa shape index (κ3) is 3.84. The van der Waals surface area contributed by atoms with Crippen molar-refractivity contribution in [1.29, 1.82) is 0 Å². The third-order valence-electron chi connectivity index (χ3n) is 3.66. The Bertz CT molecular complexity index is 324. The van der Waals surface area contributed by atoms with Crippen LogP contribution in [-0.4, -0.2) is 16.3 Å². The lowest BCUT2D eigenvalue weighted by atomic mass is 9.89. The van der Waals surface area contributed by atoms with Gasteiger partial charge in [0.05, 0.1) is 5.69 Å². The summed E-state index contributed by atoms with van der Waals surface area (Å²) >= 11 is 0. The summed E-state index contributed by atoms with van der Waals surface area (Å²) in [4.78, 5) is 0. The first-order valence-electron chi connectivity index (χ1n) is 7.00. The quantitative estimate of drug-likeness (QED) is 0.849. The van der Waals surface area contributed by atoms with Crippen LogP contribution in [0.4, 0.5) is 0 Å². The Hall–Kier alpha value is -0.830. The smallest absolute Gasteiger partial charge is 0.0762 e. The molecular weight excluding hydrogens is 210 g/mol. The number of hydrogen-bond acceptors (Lipinski definition) is 2. The molecule has 0 spiro atoms. The van der Waals surface area contributed by atoms with E-state index in [1.165, 1.54) is 32.1 Å². The minimum absolute atomic E-state index is 0.460. The predicted octanol–water partition coefficient (Wildman–Crippen LogP) is 3.13. The molecule has 1 saturated carbocycles. The highest BCUT2D eigenvalue weighted by atomic mass is 15.3. The minimum atomic E-state index is 0.460. The van der Waals surface area contributed by atoms with Crippen LogP contribution < -0.4 is 5.32 Å². The maximum absolute atomic E-state index is 4.55. The summed E-state index contributed by atoms with van der Waals surface area (Å²) in [6.07, 6.45) is 9.18. The zero-order valence-electron chi connectivity index (χ0n) is 11.2. The van der Waals surface area contributed by atoms with Crippen LogP contribution in [0.3, 0.4) is 0 Å². The van der Waals surface area contributed by atoms with Crippen LogP contribution in [0.1, 0.15) is 57.7 Å². The number of hydrogen-bond donors (Lipinski definition) is 1. The van der Waals surface area contributed by atoms with Gasteiger partial charge < -0.3 is 5.32 Å². The van der Waals surface area contributed by atoms with Crippen LogP contribution in [-0.2, 0) is 6.54 Å². The molecule has 2 rings (SSSR count). The van der Waals surface area contributed by atoms with Crippen molar-refractivity contribution in [3.8, 4) is 0 Å². The molecule has 0 radical (unpaired) electrons. The first-order chi connectivity index (χ1) is 8.25. The summed E-state index contributed by atoms with van der Waals surface area (Å²) in [5, 5.41) is 8.09. The molecule has 3 nitrogen and oxygen atoms in total. The Labute approximate surface area is 105 Å². The number of aromatic nitrogens is 2. The highest BCUT2D eigenvalue weighted by Crippen LogP contribution is 2.22. The normalized spacial score (nSPS) is 17.8. The molecule has 0 saturated heterocycles. The molecule has 1 aliphatic rings. The van der Waals surface area contributed by atoms with Gasteiger partial charge in [0.25, 0.3) is 0 Å². The van der Waals surface area contributed by atoms with E-state index < -0.39 is 0 Å². The highest BCUT2D eigenvalue weighted by molar-refractivity contribution is 4.99. The lowest BCUT2D eigenvalue weighted by molar-refractivity contribution is 0.341. The Morgan fingerprint density at radius 3 is 2.76 bits per heavy atom. The van der Waals surface area contributed by atoms with E-state index in [0.29, 0.717) is 6.04 Å². The molecule has 1 heterocycles. The number of nitrogens with zero attached hydrogens (tertiary/aromatic N) is 2. The van der Waals surface area contributed by atoms with E-state index in [1.807, 2.05) is 4.68 Å². The van der Waals surface area contributed by atoms with Gasteiger partial charge >= 0.3 is 0 Å². The van der Waals surface area contributed by atoms with Crippen LogP contribution >= 0.6 is 0 Å². The molecule has 1 aliphatic carbocycles. The van der Waals surface area contributed by atoms with E-state index in [1.54, 1.807) is 0 Å². The maximum atomic E-state index is 4.55. The summed E-state index contributed by atoms with van der Waals surface area (Å²) in [5.41, 5.74) is 1.16. The van der Waals surface area contributed by atoms with Crippen LogP contribution in [0.5, 0.6) is 0 Å². The van der Waals surface area contributed by atoms with Gasteiger partial charge in [-0.2, -0.15) is 5.10 Å². The fourth-order valence-electron chi connectivity index (χ4n) is 2.55. The Kier molecular flexibility index (Phi) is 4.60. The molecule has 96 valence electrons. The van der Waals surface area contributed by atoms with Crippen LogP contribution in [0.2, 0.25) is 0 Å². The fourth-order valence-corrected chi connectivity index (χ4v) is 2.55. The number of rotatable bonds is 5. The summed E-state index contributed by atoms with van der Waals surface area (Å²) in [6, 6.07) is 2.58. The van der Waals surface area contributed by atoms with Gasteiger partial charge in [-0.15, -0.1) is 0 Å². The van der Waals surface area contributed by atoms with Gasteiger partial charge in [-0.3, -0.25) is 4.68 Å². The molecule has 3 heteroatoms. The van der Waals surface area contributed by atoms with Crippen LogP contribution in [0.15, 0.2) is 12.3 Å². The molecule has 0 unspecified atom stereocenters.